The van der Waals surface area contributed by atoms with Gasteiger partial charge < -0.3 is 14.5 Å². The number of nitrogens with zero attached hydrogens (tertiary/aromatic N) is 3. The van der Waals surface area contributed by atoms with Crippen LogP contribution in [0.3, 0.4) is 0 Å². The average Bonchev–Trinajstić information content (AvgIpc) is 3.66. The average molecular weight is 537 g/mol. The molecule has 5 aromatic rings. The van der Waals surface area contributed by atoms with Crippen LogP contribution in [-0.2, 0) is 13.2 Å². The SMILES string of the molecule is COc1ccc(-c2[nH]c(CN3C(=O)c4ccccc4C3=O)nc2-c2nc(C)cs2)cc1OCc1ccccc1. The van der Waals surface area contributed by atoms with E-state index in [4.69, 9.17) is 14.5 Å². The second kappa shape index (κ2) is 10.2. The highest BCUT2D eigenvalue weighted by Crippen LogP contribution is 2.38. The molecule has 1 aliphatic heterocycles. The van der Waals surface area contributed by atoms with Crippen LogP contribution in [0.5, 0.6) is 11.5 Å². The van der Waals surface area contributed by atoms with Gasteiger partial charge in [-0.05, 0) is 42.8 Å². The number of benzene rings is 3. The Morgan fingerprint density at radius 3 is 2.28 bits per heavy atom. The second-order valence-corrected chi connectivity index (χ2v) is 9.94. The van der Waals surface area contributed by atoms with Gasteiger partial charge >= 0.3 is 0 Å². The molecule has 194 valence electrons. The van der Waals surface area contributed by atoms with Gasteiger partial charge in [-0.3, -0.25) is 14.5 Å². The van der Waals surface area contributed by atoms with Crippen molar-refractivity contribution in [1.29, 1.82) is 0 Å². The van der Waals surface area contributed by atoms with Gasteiger partial charge in [-0.2, -0.15) is 0 Å². The topological polar surface area (TPSA) is 97.4 Å². The third kappa shape index (κ3) is 4.68. The van der Waals surface area contributed by atoms with Crippen LogP contribution >= 0.6 is 11.3 Å². The summed E-state index contributed by atoms with van der Waals surface area (Å²) < 4.78 is 11.7. The van der Waals surface area contributed by atoms with E-state index >= 15 is 0 Å². The largest absolute Gasteiger partial charge is 0.493 e. The highest BCUT2D eigenvalue weighted by atomic mass is 32.1. The molecule has 0 fully saturated rings. The van der Waals surface area contributed by atoms with Gasteiger partial charge in [0, 0.05) is 16.6 Å². The fourth-order valence-electron chi connectivity index (χ4n) is 4.54. The van der Waals surface area contributed by atoms with Crippen LogP contribution in [0.1, 0.15) is 37.8 Å². The first-order valence-electron chi connectivity index (χ1n) is 12.3. The maximum Gasteiger partial charge on any atom is 0.261 e. The minimum absolute atomic E-state index is 0.0111. The fourth-order valence-corrected chi connectivity index (χ4v) is 5.33. The lowest BCUT2D eigenvalue weighted by atomic mass is 10.1. The Bertz CT molecular complexity index is 1660. The van der Waals surface area contributed by atoms with Gasteiger partial charge in [-0.15, -0.1) is 11.3 Å². The van der Waals surface area contributed by atoms with E-state index in [1.54, 1.807) is 31.4 Å². The number of hydrogen-bond acceptors (Lipinski definition) is 7. The Balaban J connectivity index is 1.36. The molecule has 0 atom stereocenters. The molecule has 39 heavy (non-hydrogen) atoms. The number of imide groups is 1. The van der Waals surface area contributed by atoms with Crippen LogP contribution in [0, 0.1) is 6.92 Å². The first-order valence-corrected chi connectivity index (χ1v) is 13.2. The van der Waals surface area contributed by atoms with Crippen molar-refractivity contribution in [3.05, 3.63) is 106 Å². The molecular weight excluding hydrogens is 512 g/mol. The molecule has 8 nitrogen and oxygen atoms in total. The van der Waals surface area contributed by atoms with Crippen LogP contribution < -0.4 is 9.47 Å². The van der Waals surface area contributed by atoms with Crippen molar-refractivity contribution in [2.45, 2.75) is 20.1 Å². The van der Waals surface area contributed by atoms with Crippen molar-refractivity contribution >= 4 is 23.2 Å². The number of nitrogens with one attached hydrogen (secondary N) is 1. The van der Waals surface area contributed by atoms with Gasteiger partial charge in [0.15, 0.2) is 11.5 Å². The smallest absolute Gasteiger partial charge is 0.261 e. The van der Waals surface area contributed by atoms with Crippen molar-refractivity contribution in [3.8, 4) is 33.5 Å². The Hall–Kier alpha value is -4.76. The number of thiazole rings is 1. The highest BCUT2D eigenvalue weighted by molar-refractivity contribution is 7.13. The van der Waals surface area contributed by atoms with E-state index in [1.807, 2.05) is 60.8 Å². The Morgan fingerprint density at radius 1 is 0.897 bits per heavy atom. The van der Waals surface area contributed by atoms with E-state index in [0.29, 0.717) is 46.4 Å². The summed E-state index contributed by atoms with van der Waals surface area (Å²) in [6.07, 6.45) is 0. The molecule has 2 aromatic heterocycles. The van der Waals surface area contributed by atoms with Gasteiger partial charge in [0.2, 0.25) is 0 Å². The minimum Gasteiger partial charge on any atom is -0.493 e. The molecule has 3 heterocycles. The van der Waals surface area contributed by atoms with E-state index in [1.165, 1.54) is 16.2 Å². The quantitative estimate of drug-likeness (QED) is 0.248. The summed E-state index contributed by atoms with van der Waals surface area (Å²) >= 11 is 1.48. The zero-order chi connectivity index (χ0) is 26.9. The van der Waals surface area contributed by atoms with Crippen LogP contribution in [0.2, 0.25) is 0 Å². The number of aromatic amines is 1. The molecule has 2 amide bonds. The molecule has 0 aliphatic carbocycles. The van der Waals surface area contributed by atoms with Crippen LogP contribution in [0.4, 0.5) is 0 Å². The number of H-pyrrole nitrogens is 1. The van der Waals surface area contributed by atoms with Gasteiger partial charge in [-0.1, -0.05) is 42.5 Å². The number of imidazole rings is 1. The summed E-state index contributed by atoms with van der Waals surface area (Å²) in [5.41, 5.74) is 4.88. The van der Waals surface area contributed by atoms with E-state index in [2.05, 4.69) is 9.97 Å². The molecular formula is C30H24N4O4S. The van der Waals surface area contributed by atoms with Gasteiger partial charge in [0.25, 0.3) is 11.8 Å². The monoisotopic (exact) mass is 536 g/mol. The third-order valence-electron chi connectivity index (χ3n) is 6.45. The van der Waals surface area contributed by atoms with Crippen molar-refractivity contribution in [2.75, 3.05) is 7.11 Å². The molecule has 9 heteroatoms. The van der Waals surface area contributed by atoms with Crippen LogP contribution in [0.25, 0.3) is 22.0 Å². The Morgan fingerprint density at radius 2 is 1.62 bits per heavy atom. The molecule has 1 N–H and O–H groups in total. The number of carbonyl (C=O) groups excluding carboxylic acids is 2. The lowest BCUT2D eigenvalue weighted by Gasteiger charge is -2.13. The van der Waals surface area contributed by atoms with E-state index < -0.39 is 0 Å². The minimum atomic E-state index is -0.332. The Kier molecular flexibility index (Phi) is 6.42. The lowest BCUT2D eigenvalue weighted by molar-refractivity contribution is 0.0638. The predicted octanol–water partition coefficient (Wildman–Crippen LogP) is 5.89. The third-order valence-corrected chi connectivity index (χ3v) is 7.42. The predicted molar refractivity (Wildman–Crippen MR) is 148 cm³/mol. The molecule has 1 aliphatic rings. The van der Waals surface area contributed by atoms with Crippen LogP contribution in [0.15, 0.2) is 78.2 Å². The summed E-state index contributed by atoms with van der Waals surface area (Å²) in [4.78, 5) is 40.0. The first-order chi connectivity index (χ1) is 19.0. The first kappa shape index (κ1) is 24.6. The maximum absolute atomic E-state index is 13.0. The van der Waals surface area contributed by atoms with Gasteiger partial charge in [-0.25, -0.2) is 9.97 Å². The number of carbonyl (C=O) groups is 2. The molecule has 0 radical (unpaired) electrons. The fraction of sp³-hybridized carbons (Fsp3) is 0.133. The number of methoxy groups -OCH3 is 1. The number of amides is 2. The van der Waals surface area contributed by atoms with Crippen molar-refractivity contribution in [3.63, 3.8) is 0 Å². The summed E-state index contributed by atoms with van der Waals surface area (Å²) in [7, 11) is 1.60. The molecule has 0 unspecified atom stereocenters. The van der Waals surface area contributed by atoms with E-state index in [-0.39, 0.29) is 18.4 Å². The number of aromatic nitrogens is 3. The molecule has 0 spiro atoms. The lowest BCUT2D eigenvalue weighted by Crippen LogP contribution is -2.29. The second-order valence-electron chi connectivity index (χ2n) is 9.08. The molecule has 0 bridgehead atoms. The molecule has 0 saturated heterocycles. The summed E-state index contributed by atoms with van der Waals surface area (Å²) in [5.74, 6) is 0.996. The van der Waals surface area contributed by atoms with Crippen LogP contribution in [-0.4, -0.2) is 38.8 Å². The Labute approximate surface area is 228 Å². The molecule has 3 aromatic carbocycles. The number of hydrogen-bond donors (Lipinski definition) is 1. The maximum atomic E-state index is 13.0. The molecule has 6 rings (SSSR count). The van der Waals surface area contributed by atoms with Crippen molar-refractivity contribution < 1.29 is 19.1 Å². The number of aryl methyl sites for hydroxylation is 1. The number of ether oxygens (including phenoxy) is 2. The zero-order valence-electron chi connectivity index (χ0n) is 21.3. The van der Waals surface area contributed by atoms with Crippen molar-refractivity contribution in [1.82, 2.24) is 19.9 Å². The number of rotatable bonds is 8. The van der Waals surface area contributed by atoms with Gasteiger partial charge in [0.1, 0.15) is 23.1 Å². The standard InChI is InChI=1S/C30H24N4O4S/c1-18-17-39-28(31-18)27-26(20-12-13-23(37-2)24(14-20)38-16-19-8-4-3-5-9-19)32-25(33-27)15-34-29(35)21-10-6-7-11-22(21)30(34)36/h3-14,17H,15-16H2,1-2H3,(H,32,33). The summed E-state index contributed by atoms with van der Waals surface area (Å²) in [6.45, 7) is 2.32. The zero-order valence-corrected chi connectivity index (χ0v) is 22.1. The highest BCUT2D eigenvalue weighted by Gasteiger charge is 2.36. The van der Waals surface area contributed by atoms with E-state index in [9.17, 15) is 9.59 Å². The van der Waals surface area contributed by atoms with Crippen molar-refractivity contribution in [2.24, 2.45) is 0 Å². The molecule has 0 saturated carbocycles. The summed E-state index contributed by atoms with van der Waals surface area (Å²) in [6, 6.07) is 22.4. The van der Waals surface area contributed by atoms with Gasteiger partial charge in [0.05, 0.1) is 30.5 Å². The number of fused-ring (bicyclic) bond motifs is 1. The normalized spacial score (nSPS) is 12.6. The summed E-state index contributed by atoms with van der Waals surface area (Å²) in [5, 5.41) is 2.69. The van der Waals surface area contributed by atoms with E-state index in [0.717, 1.165) is 21.8 Å².